The molecule has 0 saturated heterocycles. The molecule has 0 bridgehead atoms. The van der Waals surface area contributed by atoms with Gasteiger partial charge in [0.1, 0.15) is 0 Å². The summed E-state index contributed by atoms with van der Waals surface area (Å²) in [6, 6.07) is 13.4. The van der Waals surface area contributed by atoms with Gasteiger partial charge in [0.15, 0.2) is 0 Å². The largest absolute Gasteiger partial charge is 0.313 e. The molecule has 1 nitrogen and oxygen atoms in total. The second-order valence-electron chi connectivity index (χ2n) is 7.39. The number of nitrogens with one attached hydrogen (secondary N) is 1. The lowest BCUT2D eigenvalue weighted by atomic mass is 9.79. The zero-order valence-electron chi connectivity index (χ0n) is 13.0. The van der Waals surface area contributed by atoms with Crippen molar-refractivity contribution in [3.8, 4) is 0 Å². The van der Waals surface area contributed by atoms with E-state index in [-0.39, 0.29) is 0 Å². The molecule has 1 fully saturated rings. The molecule has 0 amide bonds. The van der Waals surface area contributed by atoms with Crippen LogP contribution in [0.15, 0.2) is 30.3 Å². The van der Waals surface area contributed by atoms with Gasteiger partial charge in [0.05, 0.1) is 0 Å². The van der Waals surface area contributed by atoms with Crippen LogP contribution in [0.4, 0.5) is 0 Å². The highest BCUT2D eigenvalue weighted by atomic mass is 28.3. The van der Waals surface area contributed by atoms with Crippen LogP contribution in [0.2, 0.25) is 25.7 Å². The van der Waals surface area contributed by atoms with Crippen molar-refractivity contribution in [3.63, 3.8) is 0 Å². The maximum absolute atomic E-state index is 3.79. The molecule has 0 heterocycles. The predicted molar refractivity (Wildman–Crippen MR) is 87.6 cm³/mol. The van der Waals surface area contributed by atoms with Crippen molar-refractivity contribution in [1.29, 1.82) is 0 Å². The molecule has 1 unspecified atom stereocenters. The molecule has 1 N–H and O–H groups in total. The van der Waals surface area contributed by atoms with Crippen molar-refractivity contribution in [2.75, 3.05) is 6.54 Å². The van der Waals surface area contributed by atoms with Gasteiger partial charge in [0.25, 0.3) is 0 Å². The molecular weight excluding hydrogens is 246 g/mol. The summed E-state index contributed by atoms with van der Waals surface area (Å²) in [6.45, 7) is 11.0. The van der Waals surface area contributed by atoms with Crippen molar-refractivity contribution in [3.05, 3.63) is 35.9 Å². The molecule has 19 heavy (non-hydrogen) atoms. The van der Waals surface area contributed by atoms with Crippen LogP contribution < -0.4 is 5.32 Å². The number of benzene rings is 1. The Labute approximate surface area is 119 Å². The molecular formula is C17H29NSi. The van der Waals surface area contributed by atoms with Crippen LogP contribution in [0.1, 0.15) is 31.7 Å². The van der Waals surface area contributed by atoms with E-state index in [4.69, 9.17) is 0 Å². The van der Waals surface area contributed by atoms with Gasteiger partial charge in [-0.3, -0.25) is 0 Å². The average molecular weight is 276 g/mol. The third kappa shape index (κ3) is 4.18. The highest BCUT2D eigenvalue weighted by molar-refractivity contribution is 6.76. The van der Waals surface area contributed by atoms with E-state index < -0.39 is 8.07 Å². The van der Waals surface area contributed by atoms with E-state index in [1.54, 1.807) is 0 Å². The zero-order chi connectivity index (χ0) is 13.9. The maximum atomic E-state index is 3.79. The Morgan fingerprint density at radius 3 is 2.26 bits per heavy atom. The fraction of sp³-hybridized carbons (Fsp3) is 0.647. The summed E-state index contributed by atoms with van der Waals surface area (Å²) in [4.78, 5) is 0. The Hall–Kier alpha value is -0.603. The molecule has 1 atom stereocenters. The monoisotopic (exact) mass is 275 g/mol. The van der Waals surface area contributed by atoms with Crippen LogP contribution in [-0.4, -0.2) is 20.7 Å². The van der Waals surface area contributed by atoms with E-state index in [1.165, 1.54) is 30.9 Å². The van der Waals surface area contributed by atoms with Crippen molar-refractivity contribution in [1.82, 2.24) is 5.32 Å². The van der Waals surface area contributed by atoms with Crippen LogP contribution in [-0.2, 0) is 5.41 Å². The van der Waals surface area contributed by atoms with Gasteiger partial charge < -0.3 is 5.32 Å². The Bertz CT molecular complexity index is 391. The lowest BCUT2D eigenvalue weighted by molar-refractivity contribution is 0.410. The Balaban J connectivity index is 2.22. The Kier molecular flexibility index (Phi) is 4.52. The van der Waals surface area contributed by atoms with Crippen LogP contribution in [0.3, 0.4) is 0 Å². The topological polar surface area (TPSA) is 12.0 Å². The van der Waals surface area contributed by atoms with E-state index in [0.717, 1.165) is 12.6 Å². The standard InChI is InChI=1S/C17H29NSi/c1-5-17(14-19(2,3)4,13-18-16-11-12-16)15-9-7-6-8-10-15/h6-10,16,18H,5,11-14H2,1-4H3. The van der Waals surface area contributed by atoms with Gasteiger partial charge >= 0.3 is 0 Å². The molecule has 1 aromatic rings. The molecule has 0 radical (unpaired) electrons. The van der Waals surface area contributed by atoms with Crippen molar-refractivity contribution in [2.45, 2.75) is 63.3 Å². The van der Waals surface area contributed by atoms with E-state index in [1.807, 2.05) is 0 Å². The zero-order valence-corrected chi connectivity index (χ0v) is 14.0. The second kappa shape index (κ2) is 5.80. The minimum Gasteiger partial charge on any atom is -0.313 e. The summed E-state index contributed by atoms with van der Waals surface area (Å²) in [5.74, 6) is 0. The van der Waals surface area contributed by atoms with Gasteiger partial charge in [-0.1, -0.05) is 56.9 Å². The van der Waals surface area contributed by atoms with Gasteiger partial charge in [-0.15, -0.1) is 0 Å². The summed E-state index contributed by atoms with van der Waals surface area (Å²) in [5.41, 5.74) is 1.88. The quantitative estimate of drug-likeness (QED) is 0.726. The molecule has 0 aromatic heterocycles. The van der Waals surface area contributed by atoms with Gasteiger partial charge in [-0.25, -0.2) is 0 Å². The highest BCUT2D eigenvalue weighted by Crippen LogP contribution is 2.37. The number of hydrogen-bond donors (Lipinski definition) is 1. The van der Waals surface area contributed by atoms with Gasteiger partial charge in [-0.05, 0) is 30.9 Å². The Morgan fingerprint density at radius 2 is 1.79 bits per heavy atom. The van der Waals surface area contributed by atoms with Crippen molar-refractivity contribution < 1.29 is 0 Å². The van der Waals surface area contributed by atoms with Crippen LogP contribution in [0.25, 0.3) is 0 Å². The third-order valence-electron chi connectivity index (χ3n) is 4.24. The summed E-state index contributed by atoms with van der Waals surface area (Å²) in [7, 11) is -1.09. The van der Waals surface area contributed by atoms with Crippen LogP contribution >= 0.6 is 0 Å². The molecule has 0 spiro atoms. The van der Waals surface area contributed by atoms with E-state index >= 15 is 0 Å². The third-order valence-corrected chi connectivity index (χ3v) is 5.98. The highest BCUT2D eigenvalue weighted by Gasteiger charge is 2.36. The lowest BCUT2D eigenvalue weighted by Crippen LogP contribution is -2.43. The number of hydrogen-bond acceptors (Lipinski definition) is 1. The normalized spacial score (nSPS) is 19.2. The minimum atomic E-state index is -1.09. The van der Waals surface area contributed by atoms with E-state index in [2.05, 4.69) is 62.2 Å². The summed E-state index contributed by atoms with van der Waals surface area (Å²) >= 11 is 0. The van der Waals surface area contributed by atoms with Crippen LogP contribution in [0.5, 0.6) is 0 Å². The SMILES string of the molecule is CCC(CNC1CC1)(C[Si](C)(C)C)c1ccccc1. The molecule has 2 rings (SSSR count). The molecule has 1 aliphatic rings. The second-order valence-corrected chi connectivity index (χ2v) is 12.9. The Morgan fingerprint density at radius 1 is 1.16 bits per heavy atom. The van der Waals surface area contributed by atoms with E-state index in [0.29, 0.717) is 5.41 Å². The molecule has 1 aliphatic carbocycles. The molecule has 0 aliphatic heterocycles. The first-order valence-electron chi connectivity index (χ1n) is 7.74. The van der Waals surface area contributed by atoms with Crippen LogP contribution in [0, 0.1) is 0 Å². The first-order valence-corrected chi connectivity index (χ1v) is 11.4. The predicted octanol–water partition coefficient (Wildman–Crippen LogP) is 4.42. The summed E-state index contributed by atoms with van der Waals surface area (Å²) < 4.78 is 0. The van der Waals surface area contributed by atoms with Gasteiger partial charge in [0.2, 0.25) is 0 Å². The molecule has 1 saturated carbocycles. The summed E-state index contributed by atoms with van der Waals surface area (Å²) in [5, 5.41) is 3.79. The maximum Gasteiger partial charge on any atom is 0.0451 e. The molecule has 106 valence electrons. The first kappa shape index (κ1) is 14.8. The van der Waals surface area contributed by atoms with Gasteiger partial charge in [-0.2, -0.15) is 0 Å². The smallest absolute Gasteiger partial charge is 0.0451 e. The van der Waals surface area contributed by atoms with Crippen molar-refractivity contribution in [2.24, 2.45) is 0 Å². The fourth-order valence-corrected chi connectivity index (χ4v) is 5.76. The lowest BCUT2D eigenvalue weighted by Gasteiger charge is -2.38. The van der Waals surface area contributed by atoms with E-state index in [9.17, 15) is 0 Å². The number of rotatable bonds is 7. The fourth-order valence-electron chi connectivity index (χ4n) is 3.15. The average Bonchev–Trinajstić information content (AvgIpc) is 3.18. The molecule has 2 heteroatoms. The summed E-state index contributed by atoms with van der Waals surface area (Å²) in [6.07, 6.45) is 3.99. The molecule has 1 aromatic carbocycles. The first-order chi connectivity index (χ1) is 8.95. The van der Waals surface area contributed by atoms with Gasteiger partial charge in [0, 0.05) is 26.1 Å². The van der Waals surface area contributed by atoms with Crippen molar-refractivity contribution >= 4 is 8.07 Å². The minimum absolute atomic E-state index is 0.342.